The molecule has 17 heavy (non-hydrogen) atoms. The molecule has 92 valence electrons. The highest BCUT2D eigenvalue weighted by Gasteiger charge is 2.00. The van der Waals surface area contributed by atoms with E-state index in [9.17, 15) is 0 Å². The summed E-state index contributed by atoms with van der Waals surface area (Å²) in [4.78, 5) is 4.31. The summed E-state index contributed by atoms with van der Waals surface area (Å²) in [7, 11) is 0. The Kier molecular flexibility index (Phi) is 3.93. The minimum Gasteiger partial charge on any atom is -0.334 e. The van der Waals surface area contributed by atoms with Gasteiger partial charge in [-0.3, -0.25) is 4.68 Å². The molecule has 0 aromatic carbocycles. The largest absolute Gasteiger partial charge is 0.334 e. The van der Waals surface area contributed by atoms with Crippen LogP contribution in [-0.4, -0.2) is 25.9 Å². The molecule has 0 aliphatic heterocycles. The molecular weight excluding hydrogens is 214 g/mol. The molecule has 1 N–H and O–H groups in total. The molecule has 2 aromatic rings. The second-order valence-corrected chi connectivity index (χ2v) is 4.09. The molecule has 0 aliphatic carbocycles. The Morgan fingerprint density at radius 3 is 3.00 bits per heavy atom. The minimum atomic E-state index is 0.807. The van der Waals surface area contributed by atoms with Crippen molar-refractivity contribution in [3.8, 4) is 0 Å². The number of hydrogen-bond donors (Lipinski definition) is 1. The molecule has 5 heteroatoms. The van der Waals surface area contributed by atoms with Gasteiger partial charge in [0.1, 0.15) is 5.82 Å². The second-order valence-electron chi connectivity index (χ2n) is 4.09. The first-order valence-electron chi connectivity index (χ1n) is 5.99. The van der Waals surface area contributed by atoms with Gasteiger partial charge < -0.3 is 9.88 Å². The molecule has 0 radical (unpaired) electrons. The summed E-state index contributed by atoms with van der Waals surface area (Å²) in [6.07, 6.45) is 7.78. The topological polar surface area (TPSA) is 47.7 Å². The highest BCUT2D eigenvalue weighted by Crippen LogP contribution is 1.97. The molecule has 0 saturated heterocycles. The number of imidazole rings is 1. The van der Waals surface area contributed by atoms with Gasteiger partial charge in [-0.25, -0.2) is 4.98 Å². The lowest BCUT2D eigenvalue weighted by molar-refractivity contribution is 0.537. The van der Waals surface area contributed by atoms with Crippen LogP contribution in [0.3, 0.4) is 0 Å². The second kappa shape index (κ2) is 5.63. The third kappa shape index (κ3) is 3.17. The molecule has 0 aliphatic rings. The Bertz CT molecular complexity index is 457. The summed E-state index contributed by atoms with van der Waals surface area (Å²) in [6.45, 7) is 7.74. The predicted octanol–water partition coefficient (Wildman–Crippen LogP) is 1.20. The summed E-state index contributed by atoms with van der Waals surface area (Å²) in [5, 5.41) is 7.62. The maximum Gasteiger partial charge on any atom is 0.122 e. The average molecular weight is 233 g/mol. The summed E-state index contributed by atoms with van der Waals surface area (Å²) >= 11 is 0. The number of nitrogens with one attached hydrogen (secondary N) is 1. The number of aromatic nitrogens is 4. The third-order valence-electron chi connectivity index (χ3n) is 2.71. The predicted molar refractivity (Wildman–Crippen MR) is 66.6 cm³/mol. The van der Waals surface area contributed by atoms with Crippen LogP contribution in [-0.2, 0) is 19.6 Å². The zero-order chi connectivity index (χ0) is 12.1. The molecule has 0 amide bonds. The molecule has 2 rings (SSSR count). The fraction of sp³-hybridized carbons (Fsp3) is 0.500. The van der Waals surface area contributed by atoms with E-state index in [0.29, 0.717) is 0 Å². The molecule has 5 nitrogen and oxygen atoms in total. The smallest absolute Gasteiger partial charge is 0.122 e. The number of rotatable bonds is 6. The molecule has 0 saturated carbocycles. The zero-order valence-electron chi connectivity index (χ0n) is 10.4. The van der Waals surface area contributed by atoms with Gasteiger partial charge in [0.2, 0.25) is 0 Å². The fourth-order valence-electron chi connectivity index (χ4n) is 1.78. The van der Waals surface area contributed by atoms with Crippen LogP contribution in [0, 0.1) is 6.92 Å². The van der Waals surface area contributed by atoms with E-state index in [2.05, 4.69) is 40.0 Å². The number of nitrogens with zero attached hydrogens (tertiary/aromatic N) is 4. The van der Waals surface area contributed by atoms with Crippen LogP contribution in [0.15, 0.2) is 24.8 Å². The lowest BCUT2D eigenvalue weighted by atomic mass is 10.4. The van der Waals surface area contributed by atoms with Crippen molar-refractivity contribution in [2.75, 3.05) is 6.54 Å². The minimum absolute atomic E-state index is 0.807. The quantitative estimate of drug-likeness (QED) is 0.763. The maximum atomic E-state index is 4.31. The number of aryl methyl sites for hydroxylation is 2. The Hall–Kier alpha value is -1.62. The normalized spacial score (nSPS) is 10.9. The molecule has 0 unspecified atom stereocenters. The van der Waals surface area contributed by atoms with E-state index in [1.165, 1.54) is 5.56 Å². The van der Waals surface area contributed by atoms with Crippen molar-refractivity contribution < 1.29 is 0 Å². The Labute approximate surface area is 101 Å². The highest BCUT2D eigenvalue weighted by molar-refractivity contribution is 4.99. The summed E-state index contributed by atoms with van der Waals surface area (Å²) in [5.74, 6) is 1.09. The van der Waals surface area contributed by atoms with Gasteiger partial charge in [-0.2, -0.15) is 5.10 Å². The van der Waals surface area contributed by atoms with Gasteiger partial charge >= 0.3 is 0 Å². The van der Waals surface area contributed by atoms with Gasteiger partial charge in [0, 0.05) is 31.7 Å². The summed E-state index contributed by atoms with van der Waals surface area (Å²) in [5.41, 5.74) is 1.20. The molecule has 0 bridgehead atoms. The van der Waals surface area contributed by atoms with Gasteiger partial charge in [0.05, 0.1) is 19.3 Å². The Balaban J connectivity index is 1.73. The Morgan fingerprint density at radius 1 is 1.41 bits per heavy atom. The summed E-state index contributed by atoms with van der Waals surface area (Å²) in [6, 6.07) is 0. The van der Waals surface area contributed by atoms with E-state index in [0.717, 1.165) is 32.0 Å². The summed E-state index contributed by atoms with van der Waals surface area (Å²) < 4.78 is 4.10. The van der Waals surface area contributed by atoms with E-state index in [-0.39, 0.29) is 0 Å². The van der Waals surface area contributed by atoms with Crippen molar-refractivity contribution in [1.82, 2.24) is 24.6 Å². The lowest BCUT2D eigenvalue weighted by Gasteiger charge is -2.06. The van der Waals surface area contributed by atoms with Crippen molar-refractivity contribution in [3.63, 3.8) is 0 Å². The van der Waals surface area contributed by atoms with Crippen LogP contribution < -0.4 is 5.32 Å². The van der Waals surface area contributed by atoms with E-state index >= 15 is 0 Å². The van der Waals surface area contributed by atoms with Crippen LogP contribution in [0.1, 0.15) is 18.3 Å². The zero-order valence-corrected chi connectivity index (χ0v) is 10.4. The maximum absolute atomic E-state index is 4.31. The first kappa shape index (κ1) is 11.9. The fourth-order valence-corrected chi connectivity index (χ4v) is 1.78. The van der Waals surface area contributed by atoms with Crippen LogP contribution in [0.5, 0.6) is 0 Å². The molecular formula is C12H19N5. The van der Waals surface area contributed by atoms with Gasteiger partial charge in [0.15, 0.2) is 0 Å². The SMILES string of the molecule is CCn1ccnc1CNCCn1cc(C)cn1. The lowest BCUT2D eigenvalue weighted by Crippen LogP contribution is -2.21. The number of hydrogen-bond acceptors (Lipinski definition) is 3. The van der Waals surface area contributed by atoms with Gasteiger partial charge in [-0.05, 0) is 19.4 Å². The van der Waals surface area contributed by atoms with Gasteiger partial charge in [-0.1, -0.05) is 0 Å². The monoisotopic (exact) mass is 233 g/mol. The van der Waals surface area contributed by atoms with Crippen LogP contribution in [0.25, 0.3) is 0 Å². The standard InChI is InChI=1S/C12H19N5/c1-3-16-6-5-14-12(16)9-13-4-7-17-10-11(2)8-15-17/h5-6,8,10,13H,3-4,7,9H2,1-2H3. The first-order chi connectivity index (χ1) is 8.29. The van der Waals surface area contributed by atoms with E-state index < -0.39 is 0 Å². The van der Waals surface area contributed by atoms with Crippen molar-refractivity contribution in [1.29, 1.82) is 0 Å². The molecule has 0 spiro atoms. The van der Waals surface area contributed by atoms with Crippen molar-refractivity contribution in [2.45, 2.75) is 33.5 Å². The van der Waals surface area contributed by atoms with E-state index in [1.54, 1.807) is 0 Å². The van der Waals surface area contributed by atoms with Crippen molar-refractivity contribution in [3.05, 3.63) is 36.2 Å². The van der Waals surface area contributed by atoms with E-state index in [4.69, 9.17) is 0 Å². The first-order valence-corrected chi connectivity index (χ1v) is 5.99. The molecule has 0 atom stereocenters. The molecule has 2 heterocycles. The van der Waals surface area contributed by atoms with Crippen LogP contribution >= 0.6 is 0 Å². The van der Waals surface area contributed by atoms with E-state index in [1.807, 2.05) is 23.3 Å². The highest BCUT2D eigenvalue weighted by atomic mass is 15.3. The van der Waals surface area contributed by atoms with Crippen LogP contribution in [0.2, 0.25) is 0 Å². The average Bonchev–Trinajstić information content (AvgIpc) is 2.93. The molecule has 2 aromatic heterocycles. The molecule has 0 fully saturated rings. The van der Waals surface area contributed by atoms with Crippen LogP contribution in [0.4, 0.5) is 0 Å². The van der Waals surface area contributed by atoms with Crippen molar-refractivity contribution in [2.24, 2.45) is 0 Å². The van der Waals surface area contributed by atoms with Gasteiger partial charge in [0.25, 0.3) is 0 Å². The van der Waals surface area contributed by atoms with Gasteiger partial charge in [-0.15, -0.1) is 0 Å². The third-order valence-corrected chi connectivity index (χ3v) is 2.71. The Morgan fingerprint density at radius 2 is 2.29 bits per heavy atom. The van der Waals surface area contributed by atoms with Crippen molar-refractivity contribution >= 4 is 0 Å².